The quantitative estimate of drug-likeness (QED) is 0.141. The molecule has 12 nitrogen and oxygen atoms in total. The lowest BCUT2D eigenvalue weighted by molar-refractivity contribution is -0.116. The Morgan fingerprint density at radius 2 is 1.81 bits per heavy atom. The van der Waals surface area contributed by atoms with Crippen LogP contribution in [0.1, 0.15) is 42.4 Å². The van der Waals surface area contributed by atoms with Crippen molar-refractivity contribution in [3.8, 4) is 40.0 Å². The summed E-state index contributed by atoms with van der Waals surface area (Å²) in [5.41, 5.74) is 1.74. The number of carbonyl (C=O) groups is 3. The molecular weight excluding hydrogens is 622 g/mol. The van der Waals surface area contributed by atoms with Crippen LogP contribution in [0, 0.1) is 11.3 Å². The number of carboxylic acid groups (broad SMARTS) is 1. The van der Waals surface area contributed by atoms with Crippen LogP contribution in [0.15, 0.2) is 66.0 Å². The average molecular weight is 658 g/mol. The number of pyridine rings is 1. The summed E-state index contributed by atoms with van der Waals surface area (Å²) in [5, 5.41) is 27.3. The third kappa shape index (κ3) is 8.63. The van der Waals surface area contributed by atoms with Crippen molar-refractivity contribution in [2.45, 2.75) is 32.7 Å². The highest BCUT2D eigenvalue weighted by atomic mass is 32.1. The van der Waals surface area contributed by atoms with Crippen LogP contribution < -0.4 is 20.1 Å². The summed E-state index contributed by atoms with van der Waals surface area (Å²) in [5.74, 6) is 0.177. The summed E-state index contributed by atoms with van der Waals surface area (Å²) >= 11 is 1.25. The molecule has 0 aliphatic carbocycles. The van der Waals surface area contributed by atoms with Gasteiger partial charge in [-0.25, -0.2) is 9.78 Å². The monoisotopic (exact) mass is 657 g/mol. The molecule has 0 saturated carbocycles. The minimum atomic E-state index is -1.11. The molecule has 0 unspecified atom stereocenters. The Labute approximate surface area is 276 Å². The number of benzene rings is 2. The topological polar surface area (TPSA) is 163 Å². The number of carbonyl (C=O) groups excluding carboxylic acids is 2. The van der Waals surface area contributed by atoms with Crippen molar-refractivity contribution < 1.29 is 33.7 Å². The van der Waals surface area contributed by atoms with Crippen LogP contribution in [-0.4, -0.2) is 66.0 Å². The molecular formula is C34H35N5O7S. The largest absolute Gasteiger partial charge is 0.497 e. The molecule has 47 heavy (non-hydrogen) atoms. The Morgan fingerprint density at radius 3 is 2.45 bits per heavy atom. The van der Waals surface area contributed by atoms with Gasteiger partial charge in [0, 0.05) is 42.4 Å². The maximum atomic E-state index is 13.1. The molecule has 0 atom stereocenters. The van der Waals surface area contributed by atoms with E-state index in [1.807, 2.05) is 0 Å². The number of ether oxygens (including phenoxy) is 3. The van der Waals surface area contributed by atoms with Gasteiger partial charge in [0.05, 0.1) is 17.7 Å². The van der Waals surface area contributed by atoms with Gasteiger partial charge in [-0.15, -0.1) is 11.3 Å². The predicted molar refractivity (Wildman–Crippen MR) is 179 cm³/mol. The number of nitriles is 1. The summed E-state index contributed by atoms with van der Waals surface area (Å²) in [6.45, 7) is 5.25. The highest BCUT2D eigenvalue weighted by Gasteiger charge is 2.26. The number of anilines is 2. The van der Waals surface area contributed by atoms with E-state index in [1.54, 1.807) is 86.8 Å². The van der Waals surface area contributed by atoms with Crippen molar-refractivity contribution >= 4 is 40.7 Å². The molecule has 2 heterocycles. The van der Waals surface area contributed by atoms with Crippen LogP contribution in [-0.2, 0) is 9.53 Å². The van der Waals surface area contributed by atoms with Gasteiger partial charge in [0.1, 0.15) is 23.1 Å². The van der Waals surface area contributed by atoms with Gasteiger partial charge >= 0.3 is 6.09 Å². The number of nitrogens with zero attached hydrogens (tertiary/aromatic N) is 3. The fourth-order valence-electron chi connectivity index (χ4n) is 4.70. The van der Waals surface area contributed by atoms with Gasteiger partial charge in [-0.2, -0.15) is 5.26 Å². The lowest BCUT2D eigenvalue weighted by Crippen LogP contribution is -2.46. The van der Waals surface area contributed by atoms with E-state index in [9.17, 15) is 24.8 Å². The van der Waals surface area contributed by atoms with Gasteiger partial charge < -0.3 is 34.9 Å². The van der Waals surface area contributed by atoms with Gasteiger partial charge in [0.15, 0.2) is 12.6 Å². The van der Waals surface area contributed by atoms with E-state index in [0.717, 1.165) is 0 Å². The van der Waals surface area contributed by atoms with Crippen LogP contribution in [0.2, 0.25) is 0 Å². The van der Waals surface area contributed by atoms with E-state index in [0.29, 0.717) is 44.4 Å². The predicted octanol–water partition coefficient (Wildman–Crippen LogP) is 6.70. The van der Waals surface area contributed by atoms with Crippen LogP contribution in [0.4, 0.5) is 16.3 Å². The molecule has 0 bridgehead atoms. The van der Waals surface area contributed by atoms with E-state index < -0.39 is 17.5 Å². The first-order valence-electron chi connectivity index (χ1n) is 14.5. The number of amides is 3. The molecule has 0 aliphatic rings. The van der Waals surface area contributed by atoms with Gasteiger partial charge in [0.25, 0.3) is 5.91 Å². The first-order chi connectivity index (χ1) is 22.4. The van der Waals surface area contributed by atoms with Gasteiger partial charge in [-0.1, -0.05) is 18.2 Å². The summed E-state index contributed by atoms with van der Waals surface area (Å²) < 4.78 is 16.4. The second-order valence-corrected chi connectivity index (χ2v) is 12.2. The maximum absolute atomic E-state index is 13.1. The molecule has 4 aromatic rings. The first kappa shape index (κ1) is 34.4. The third-order valence-corrected chi connectivity index (χ3v) is 7.83. The third-order valence-electron chi connectivity index (χ3n) is 6.96. The summed E-state index contributed by atoms with van der Waals surface area (Å²) in [6.07, 6.45) is -1.17. The molecule has 0 aliphatic heterocycles. The van der Waals surface area contributed by atoms with Gasteiger partial charge in [-0.3, -0.25) is 9.59 Å². The minimum Gasteiger partial charge on any atom is -0.497 e. The number of hydrogen-bond donors (Lipinski definition) is 3. The SMILES string of the molecule is COCOc1ccc(OC)cc1-c1cc(-c2cccc(NC(=O)CCN(C(=O)O)C(C)(C)C)c2)c(C#N)c(NC(=O)c2cccs2)n1. The van der Waals surface area contributed by atoms with E-state index in [2.05, 4.69) is 16.7 Å². The highest BCUT2D eigenvalue weighted by Crippen LogP contribution is 2.38. The molecule has 0 fully saturated rings. The summed E-state index contributed by atoms with van der Waals surface area (Å²) in [4.78, 5) is 44.0. The van der Waals surface area contributed by atoms with E-state index in [1.165, 1.54) is 30.5 Å². The zero-order valence-electron chi connectivity index (χ0n) is 26.6. The number of rotatable bonds is 12. The minimum absolute atomic E-state index is 0.0119. The molecule has 0 radical (unpaired) electrons. The molecule has 4 rings (SSSR count). The lowest BCUT2D eigenvalue weighted by atomic mass is 9.97. The zero-order valence-corrected chi connectivity index (χ0v) is 27.4. The summed E-state index contributed by atoms with van der Waals surface area (Å²) in [6, 6.07) is 19.3. The van der Waals surface area contributed by atoms with Gasteiger partial charge in [0.2, 0.25) is 5.91 Å². The van der Waals surface area contributed by atoms with E-state index in [4.69, 9.17) is 19.2 Å². The molecule has 0 saturated heterocycles. The Kier molecular flexibility index (Phi) is 11.1. The first-order valence-corrected chi connectivity index (χ1v) is 15.3. The van der Waals surface area contributed by atoms with Crippen LogP contribution >= 0.6 is 11.3 Å². The lowest BCUT2D eigenvalue weighted by Gasteiger charge is -2.32. The normalized spacial score (nSPS) is 10.9. The standard InChI is InChI=1S/C34H35N5O7S/c1-34(2,3)39(33(42)43)14-13-30(40)36-22-9-6-8-21(16-22)24-18-27(25-17-23(45-5)11-12-28(25)46-20-44-4)37-31(26(24)19-35)38-32(41)29-10-7-15-47-29/h6-12,15-18H,13-14,20H2,1-5H3,(H,36,40)(H,42,43)(H,37,38,41). The van der Waals surface area contributed by atoms with Gasteiger partial charge in [-0.05, 0) is 74.2 Å². The Hall–Kier alpha value is -5.45. The summed E-state index contributed by atoms with van der Waals surface area (Å²) in [7, 11) is 3.03. The maximum Gasteiger partial charge on any atom is 0.407 e. The number of thiophene rings is 1. The van der Waals surface area contributed by atoms with Crippen molar-refractivity contribution in [3.63, 3.8) is 0 Å². The number of nitrogens with one attached hydrogen (secondary N) is 2. The average Bonchev–Trinajstić information content (AvgIpc) is 3.58. The van der Waals surface area contributed by atoms with E-state index >= 15 is 0 Å². The van der Waals surface area contributed by atoms with Crippen LogP contribution in [0.25, 0.3) is 22.4 Å². The molecule has 3 N–H and O–H groups in total. The molecule has 3 amide bonds. The van der Waals surface area contributed by atoms with E-state index in [-0.39, 0.29) is 37.0 Å². The molecule has 13 heteroatoms. The van der Waals surface area contributed by atoms with Crippen LogP contribution in [0.5, 0.6) is 11.5 Å². The van der Waals surface area contributed by atoms with Crippen molar-refractivity contribution in [1.29, 1.82) is 5.26 Å². The number of hydrogen-bond acceptors (Lipinski definition) is 9. The fraction of sp³-hybridized carbons (Fsp3) is 0.265. The van der Waals surface area contributed by atoms with Crippen LogP contribution in [0.3, 0.4) is 0 Å². The molecule has 2 aromatic carbocycles. The molecule has 2 aromatic heterocycles. The molecule has 0 spiro atoms. The second kappa shape index (κ2) is 15.2. The van der Waals surface area contributed by atoms with Crippen molar-refractivity contribution in [2.24, 2.45) is 0 Å². The Morgan fingerprint density at radius 1 is 1.02 bits per heavy atom. The van der Waals surface area contributed by atoms with Crippen molar-refractivity contribution in [1.82, 2.24) is 9.88 Å². The number of methoxy groups -OCH3 is 2. The number of aromatic nitrogens is 1. The molecule has 244 valence electrons. The van der Waals surface area contributed by atoms with Crippen molar-refractivity contribution in [3.05, 3.63) is 76.5 Å². The second-order valence-electron chi connectivity index (χ2n) is 11.2. The van der Waals surface area contributed by atoms with Crippen molar-refractivity contribution in [2.75, 3.05) is 38.2 Å². The zero-order chi connectivity index (χ0) is 34.1. The Bertz CT molecular complexity index is 1800. The smallest absolute Gasteiger partial charge is 0.407 e. The fourth-order valence-corrected chi connectivity index (χ4v) is 5.31. The highest BCUT2D eigenvalue weighted by molar-refractivity contribution is 7.12. The Balaban J connectivity index is 1.77.